The normalized spacial score (nSPS) is 15.9. The molecule has 4 heteroatoms. The van der Waals surface area contributed by atoms with Crippen LogP contribution in [-0.2, 0) is 12.8 Å². The molecule has 4 rings (SSSR count). The van der Waals surface area contributed by atoms with E-state index in [0.29, 0.717) is 29.0 Å². The third-order valence-corrected chi connectivity index (χ3v) is 6.70. The number of methoxy groups -OCH3 is 1. The quantitative estimate of drug-likeness (QED) is 0.353. The topological polar surface area (TPSA) is 9.23 Å². The monoisotopic (exact) mass is 450 g/mol. The van der Waals surface area contributed by atoms with Crippen LogP contribution >= 0.6 is 0 Å². The van der Waals surface area contributed by atoms with Gasteiger partial charge in [-0.3, -0.25) is 0 Å². The van der Waals surface area contributed by atoms with E-state index < -0.39 is 11.6 Å². The average Bonchev–Trinajstić information content (AvgIpc) is 2.85. The number of hydrogen-bond acceptors (Lipinski definition) is 1. The second-order valence-corrected chi connectivity index (χ2v) is 8.71. The molecule has 1 aliphatic carbocycles. The minimum atomic E-state index is -0.774. The van der Waals surface area contributed by atoms with Gasteiger partial charge in [0.15, 0.2) is 23.2 Å². The van der Waals surface area contributed by atoms with E-state index >= 15 is 0 Å². The van der Waals surface area contributed by atoms with Gasteiger partial charge in [-0.25, -0.2) is 13.2 Å². The lowest BCUT2D eigenvalue weighted by Crippen LogP contribution is -2.08. The van der Waals surface area contributed by atoms with Crippen LogP contribution in [0, 0.1) is 23.4 Å². The summed E-state index contributed by atoms with van der Waals surface area (Å²) in [4.78, 5) is 0. The first-order valence-electron chi connectivity index (χ1n) is 11.6. The van der Waals surface area contributed by atoms with Gasteiger partial charge in [-0.15, -0.1) is 0 Å². The summed E-state index contributed by atoms with van der Waals surface area (Å²) in [5.41, 5.74) is 4.59. The van der Waals surface area contributed by atoms with Crippen LogP contribution in [0.1, 0.15) is 49.3 Å². The van der Waals surface area contributed by atoms with E-state index in [2.05, 4.69) is 13.0 Å². The highest BCUT2D eigenvalue weighted by Crippen LogP contribution is 2.34. The number of halogens is 3. The van der Waals surface area contributed by atoms with Crippen LogP contribution in [0.4, 0.5) is 13.2 Å². The summed E-state index contributed by atoms with van der Waals surface area (Å²) in [6, 6.07) is 16.0. The molecule has 172 valence electrons. The van der Waals surface area contributed by atoms with Gasteiger partial charge in [0.1, 0.15) is 0 Å². The predicted octanol–water partition coefficient (Wildman–Crippen LogP) is 8.16. The molecular weight excluding hydrogens is 421 g/mol. The van der Waals surface area contributed by atoms with Crippen molar-refractivity contribution >= 4 is 5.57 Å². The molecule has 0 spiro atoms. The largest absolute Gasteiger partial charge is 0.494 e. The Kier molecular flexibility index (Phi) is 7.22. The molecule has 0 saturated heterocycles. The van der Waals surface area contributed by atoms with E-state index in [1.165, 1.54) is 13.2 Å². The van der Waals surface area contributed by atoms with Gasteiger partial charge in [-0.1, -0.05) is 55.5 Å². The maximum atomic E-state index is 14.8. The smallest absolute Gasteiger partial charge is 0.166 e. The molecule has 1 atom stereocenters. The van der Waals surface area contributed by atoms with Crippen LogP contribution in [0.3, 0.4) is 0 Å². The molecule has 0 aromatic heterocycles. The maximum absolute atomic E-state index is 14.8. The first kappa shape index (κ1) is 23.2. The highest BCUT2D eigenvalue weighted by molar-refractivity contribution is 5.67. The Morgan fingerprint density at radius 3 is 2.30 bits per heavy atom. The number of benzene rings is 3. The van der Waals surface area contributed by atoms with E-state index in [9.17, 15) is 13.2 Å². The lowest BCUT2D eigenvalue weighted by molar-refractivity contribution is 0.386. The fraction of sp³-hybridized carbons (Fsp3) is 0.310. The Balaban J connectivity index is 1.39. The van der Waals surface area contributed by atoms with Gasteiger partial charge in [0.25, 0.3) is 0 Å². The minimum Gasteiger partial charge on any atom is -0.494 e. The molecule has 3 aromatic rings. The lowest BCUT2D eigenvalue weighted by atomic mass is 9.83. The summed E-state index contributed by atoms with van der Waals surface area (Å²) >= 11 is 0. The molecule has 3 aromatic carbocycles. The summed E-state index contributed by atoms with van der Waals surface area (Å²) in [6.45, 7) is 2.06. The van der Waals surface area contributed by atoms with E-state index in [1.807, 2.05) is 30.3 Å². The van der Waals surface area contributed by atoms with E-state index in [4.69, 9.17) is 4.74 Å². The molecule has 33 heavy (non-hydrogen) atoms. The van der Waals surface area contributed by atoms with Crippen molar-refractivity contribution in [1.82, 2.24) is 0 Å². The number of ether oxygens (including phenoxy) is 1. The Morgan fingerprint density at radius 2 is 1.67 bits per heavy atom. The first-order valence-corrected chi connectivity index (χ1v) is 11.6. The van der Waals surface area contributed by atoms with Gasteiger partial charge < -0.3 is 4.74 Å². The number of allylic oxidation sites excluding steroid dienone is 2. The van der Waals surface area contributed by atoms with Crippen molar-refractivity contribution in [3.8, 4) is 16.9 Å². The summed E-state index contributed by atoms with van der Waals surface area (Å²) < 4.78 is 48.6. The summed E-state index contributed by atoms with van der Waals surface area (Å²) in [6.07, 6.45) is 7.01. The molecule has 0 radical (unpaired) electrons. The lowest BCUT2D eigenvalue weighted by Gasteiger charge is -2.22. The summed E-state index contributed by atoms with van der Waals surface area (Å²) in [7, 11) is 1.45. The minimum absolute atomic E-state index is 0.242. The molecule has 1 unspecified atom stereocenters. The van der Waals surface area contributed by atoms with Gasteiger partial charge in [0.2, 0.25) is 0 Å². The molecule has 0 N–H and O–H groups in total. The van der Waals surface area contributed by atoms with Crippen molar-refractivity contribution in [2.24, 2.45) is 5.92 Å². The zero-order valence-corrected chi connectivity index (χ0v) is 19.1. The van der Waals surface area contributed by atoms with Crippen LogP contribution in [0.25, 0.3) is 16.7 Å². The van der Waals surface area contributed by atoms with Crippen molar-refractivity contribution in [3.05, 3.63) is 94.8 Å². The van der Waals surface area contributed by atoms with Crippen molar-refractivity contribution < 1.29 is 17.9 Å². The van der Waals surface area contributed by atoms with Gasteiger partial charge in [0, 0.05) is 5.56 Å². The molecular formula is C29H29F3O. The maximum Gasteiger partial charge on any atom is 0.166 e. The summed E-state index contributed by atoms with van der Waals surface area (Å²) in [5.74, 6) is -1.23. The van der Waals surface area contributed by atoms with Crippen LogP contribution in [0.2, 0.25) is 0 Å². The molecule has 0 fully saturated rings. The second-order valence-electron chi connectivity index (χ2n) is 8.71. The molecule has 1 nitrogen and oxygen atoms in total. The Bertz CT molecular complexity index is 1150. The standard InChI is InChI=1S/C29H29F3O/c1-3-19-4-11-22(12-5-19)25-16-14-23(28(31)29(25)32)13-8-20-6-9-21(10-7-20)24-15-17-27(33-2)26(30)18-24/h4-5,9,11-12,14-18,20H,3,6-8,10,13H2,1-2H3. The van der Waals surface area contributed by atoms with Crippen LogP contribution in [0.15, 0.2) is 60.7 Å². The third kappa shape index (κ3) is 5.16. The van der Waals surface area contributed by atoms with Crippen LogP contribution < -0.4 is 4.74 Å². The molecule has 0 aliphatic heterocycles. The molecule has 0 bridgehead atoms. The first-order chi connectivity index (χ1) is 16.0. The number of rotatable bonds is 7. The molecule has 0 saturated carbocycles. The molecule has 0 amide bonds. The van der Waals surface area contributed by atoms with Crippen LogP contribution in [0.5, 0.6) is 5.75 Å². The Labute approximate surface area is 193 Å². The summed E-state index contributed by atoms with van der Waals surface area (Å²) in [5, 5.41) is 0. The number of hydrogen-bond donors (Lipinski definition) is 0. The third-order valence-electron chi connectivity index (χ3n) is 6.70. The highest BCUT2D eigenvalue weighted by Gasteiger charge is 2.19. The van der Waals surface area contributed by atoms with Crippen molar-refractivity contribution in [1.29, 1.82) is 0 Å². The fourth-order valence-corrected chi connectivity index (χ4v) is 4.56. The van der Waals surface area contributed by atoms with E-state index in [-0.39, 0.29) is 11.6 Å². The molecule has 0 heterocycles. The van der Waals surface area contributed by atoms with Gasteiger partial charge in [0.05, 0.1) is 7.11 Å². The SMILES string of the molecule is CCc1ccc(-c2ccc(CCC3CC=C(c4ccc(OC)c(F)c4)CC3)c(F)c2F)cc1. The van der Waals surface area contributed by atoms with Crippen molar-refractivity contribution in [2.45, 2.75) is 45.4 Å². The van der Waals surface area contributed by atoms with Gasteiger partial charge in [-0.2, -0.15) is 0 Å². The zero-order chi connectivity index (χ0) is 23.4. The van der Waals surface area contributed by atoms with Gasteiger partial charge >= 0.3 is 0 Å². The van der Waals surface area contributed by atoms with E-state index in [0.717, 1.165) is 48.8 Å². The Hall–Kier alpha value is -3.01. The second kappa shape index (κ2) is 10.3. The molecule has 1 aliphatic rings. The Morgan fingerprint density at radius 1 is 0.909 bits per heavy atom. The number of aryl methyl sites for hydroxylation is 2. The van der Waals surface area contributed by atoms with Crippen molar-refractivity contribution in [2.75, 3.05) is 7.11 Å². The van der Waals surface area contributed by atoms with Gasteiger partial charge in [-0.05, 0) is 84.4 Å². The van der Waals surface area contributed by atoms with Crippen molar-refractivity contribution in [3.63, 3.8) is 0 Å². The zero-order valence-electron chi connectivity index (χ0n) is 19.1. The predicted molar refractivity (Wildman–Crippen MR) is 128 cm³/mol. The van der Waals surface area contributed by atoms with Crippen LogP contribution in [-0.4, -0.2) is 7.11 Å². The van der Waals surface area contributed by atoms with E-state index in [1.54, 1.807) is 18.2 Å². The average molecular weight is 451 g/mol. The highest BCUT2D eigenvalue weighted by atomic mass is 19.2. The fourth-order valence-electron chi connectivity index (χ4n) is 4.56.